The monoisotopic (exact) mass is 383 g/mol. The fraction of sp³-hybridized carbons (Fsp3) is 0.353. The number of carbonyl (C=O) groups is 1. The van der Waals surface area contributed by atoms with Gasteiger partial charge in [-0.05, 0) is 43.9 Å². The summed E-state index contributed by atoms with van der Waals surface area (Å²) in [7, 11) is 0. The van der Waals surface area contributed by atoms with Gasteiger partial charge in [-0.25, -0.2) is 14.4 Å². The molecular formula is C17H16Cl2FN3O2. The number of aromatic nitrogens is 2. The molecule has 1 aliphatic rings. The second kappa shape index (κ2) is 7.97. The van der Waals surface area contributed by atoms with Crippen LogP contribution in [0.1, 0.15) is 36.0 Å². The van der Waals surface area contributed by atoms with Crippen molar-refractivity contribution in [2.24, 2.45) is 0 Å². The van der Waals surface area contributed by atoms with E-state index in [1.54, 1.807) is 0 Å². The highest BCUT2D eigenvalue weighted by molar-refractivity contribution is 6.33. The first kappa shape index (κ1) is 17.9. The summed E-state index contributed by atoms with van der Waals surface area (Å²) in [5, 5.41) is 3.50. The van der Waals surface area contributed by atoms with Gasteiger partial charge in [0.25, 0.3) is 5.91 Å². The zero-order valence-corrected chi connectivity index (χ0v) is 14.7. The van der Waals surface area contributed by atoms with Crippen molar-refractivity contribution in [2.45, 2.75) is 37.8 Å². The summed E-state index contributed by atoms with van der Waals surface area (Å²) in [6.45, 7) is 0. The molecule has 1 aliphatic carbocycles. The maximum atomic E-state index is 13.1. The van der Waals surface area contributed by atoms with Gasteiger partial charge in [-0.1, -0.05) is 23.2 Å². The van der Waals surface area contributed by atoms with Gasteiger partial charge >= 0.3 is 6.01 Å². The molecule has 1 N–H and O–H groups in total. The third-order valence-electron chi connectivity index (χ3n) is 4.05. The van der Waals surface area contributed by atoms with Crippen LogP contribution in [0.15, 0.2) is 30.6 Å². The largest absolute Gasteiger partial charge is 0.460 e. The summed E-state index contributed by atoms with van der Waals surface area (Å²) in [5.74, 6) is -0.765. The van der Waals surface area contributed by atoms with Crippen molar-refractivity contribution in [3.63, 3.8) is 0 Å². The Hall–Kier alpha value is -1.92. The van der Waals surface area contributed by atoms with E-state index in [2.05, 4.69) is 15.3 Å². The predicted molar refractivity (Wildman–Crippen MR) is 92.6 cm³/mol. The van der Waals surface area contributed by atoms with Crippen molar-refractivity contribution in [1.82, 2.24) is 15.3 Å². The first-order chi connectivity index (χ1) is 12.0. The number of hydrogen-bond acceptors (Lipinski definition) is 4. The first-order valence-corrected chi connectivity index (χ1v) is 8.67. The highest BCUT2D eigenvalue weighted by Crippen LogP contribution is 2.24. The zero-order valence-electron chi connectivity index (χ0n) is 13.2. The summed E-state index contributed by atoms with van der Waals surface area (Å²) >= 11 is 11.7. The van der Waals surface area contributed by atoms with Crippen molar-refractivity contribution < 1.29 is 13.9 Å². The third kappa shape index (κ3) is 4.80. The average molecular weight is 384 g/mol. The van der Waals surface area contributed by atoms with Gasteiger partial charge < -0.3 is 10.1 Å². The van der Waals surface area contributed by atoms with Crippen molar-refractivity contribution in [1.29, 1.82) is 0 Å². The summed E-state index contributed by atoms with van der Waals surface area (Å²) < 4.78 is 18.8. The van der Waals surface area contributed by atoms with E-state index in [1.807, 2.05) is 0 Å². The third-order valence-corrected chi connectivity index (χ3v) is 4.56. The molecular weight excluding hydrogens is 368 g/mol. The van der Waals surface area contributed by atoms with Gasteiger partial charge in [-0.3, -0.25) is 4.79 Å². The molecule has 1 amide bonds. The van der Waals surface area contributed by atoms with E-state index in [1.165, 1.54) is 24.5 Å². The van der Waals surface area contributed by atoms with E-state index in [9.17, 15) is 9.18 Å². The van der Waals surface area contributed by atoms with Crippen LogP contribution in [0, 0.1) is 5.82 Å². The van der Waals surface area contributed by atoms with Crippen molar-refractivity contribution >= 4 is 29.1 Å². The van der Waals surface area contributed by atoms with Crippen LogP contribution in [-0.4, -0.2) is 28.0 Å². The van der Waals surface area contributed by atoms with E-state index < -0.39 is 5.82 Å². The number of rotatable bonds is 4. The van der Waals surface area contributed by atoms with Gasteiger partial charge in [0, 0.05) is 6.04 Å². The molecule has 0 unspecified atom stereocenters. The average Bonchev–Trinajstić information content (AvgIpc) is 2.58. The van der Waals surface area contributed by atoms with E-state index in [-0.39, 0.29) is 28.6 Å². The molecule has 1 aromatic carbocycles. The molecule has 0 aliphatic heterocycles. The fourth-order valence-electron chi connectivity index (χ4n) is 2.77. The summed E-state index contributed by atoms with van der Waals surface area (Å²) in [4.78, 5) is 20.3. The highest BCUT2D eigenvalue weighted by atomic mass is 35.5. The SMILES string of the molecule is O=C(NC1CCC(Oc2ncc(Cl)cn2)CC1)c1ccc(F)cc1Cl. The van der Waals surface area contributed by atoms with Crippen molar-refractivity contribution in [3.05, 3.63) is 52.0 Å². The van der Waals surface area contributed by atoms with E-state index >= 15 is 0 Å². The molecule has 2 aromatic rings. The summed E-state index contributed by atoms with van der Waals surface area (Å²) in [5.41, 5.74) is 0.274. The van der Waals surface area contributed by atoms with Gasteiger partial charge in [0.15, 0.2) is 0 Å². The number of amides is 1. The molecule has 0 bridgehead atoms. The molecule has 0 radical (unpaired) electrons. The van der Waals surface area contributed by atoms with Crippen LogP contribution in [0.2, 0.25) is 10.0 Å². The number of nitrogens with zero attached hydrogens (tertiary/aromatic N) is 2. The Morgan fingerprint density at radius 3 is 2.48 bits per heavy atom. The minimum absolute atomic E-state index is 0.00346. The molecule has 1 saturated carbocycles. The topological polar surface area (TPSA) is 64.1 Å². The van der Waals surface area contributed by atoms with Crippen LogP contribution < -0.4 is 10.1 Å². The molecule has 132 valence electrons. The lowest BCUT2D eigenvalue weighted by molar-refractivity contribution is 0.0885. The Balaban J connectivity index is 1.50. The number of halogens is 3. The Bertz CT molecular complexity index is 750. The molecule has 0 spiro atoms. The Morgan fingerprint density at radius 2 is 1.84 bits per heavy atom. The minimum atomic E-state index is -0.469. The van der Waals surface area contributed by atoms with Gasteiger partial charge in [-0.2, -0.15) is 0 Å². The molecule has 3 rings (SSSR count). The molecule has 0 saturated heterocycles. The Kier molecular flexibility index (Phi) is 5.71. The molecule has 25 heavy (non-hydrogen) atoms. The predicted octanol–water partition coefficient (Wildman–Crippen LogP) is 4.04. The van der Waals surface area contributed by atoms with Crippen LogP contribution >= 0.6 is 23.2 Å². The number of carbonyl (C=O) groups excluding carboxylic acids is 1. The normalized spacial score (nSPS) is 20.1. The second-order valence-electron chi connectivity index (χ2n) is 5.87. The molecule has 1 heterocycles. The number of nitrogens with one attached hydrogen (secondary N) is 1. The van der Waals surface area contributed by atoms with Gasteiger partial charge in [0.05, 0.1) is 28.0 Å². The van der Waals surface area contributed by atoms with Crippen molar-refractivity contribution in [2.75, 3.05) is 0 Å². The number of benzene rings is 1. The van der Waals surface area contributed by atoms with Crippen LogP contribution in [0.5, 0.6) is 6.01 Å². The Labute approximate surface area is 154 Å². The maximum absolute atomic E-state index is 13.1. The maximum Gasteiger partial charge on any atom is 0.316 e. The lowest BCUT2D eigenvalue weighted by Gasteiger charge is -2.29. The molecule has 0 atom stereocenters. The lowest BCUT2D eigenvalue weighted by atomic mass is 9.92. The quantitative estimate of drug-likeness (QED) is 0.864. The van der Waals surface area contributed by atoms with E-state index in [0.717, 1.165) is 31.7 Å². The number of hydrogen-bond donors (Lipinski definition) is 1. The molecule has 8 heteroatoms. The Morgan fingerprint density at radius 1 is 1.16 bits per heavy atom. The number of ether oxygens (including phenoxy) is 1. The minimum Gasteiger partial charge on any atom is -0.460 e. The smallest absolute Gasteiger partial charge is 0.316 e. The molecule has 1 fully saturated rings. The van der Waals surface area contributed by atoms with Crippen LogP contribution in [-0.2, 0) is 0 Å². The standard InChI is InChI=1S/C17H16Cl2FN3O2/c18-10-8-21-17(22-9-10)25-13-4-2-12(3-5-13)23-16(24)14-6-1-11(20)7-15(14)19/h1,6-9,12-13H,2-5H2,(H,23,24). The first-order valence-electron chi connectivity index (χ1n) is 7.91. The second-order valence-corrected chi connectivity index (χ2v) is 6.72. The summed E-state index contributed by atoms with van der Waals surface area (Å²) in [6.07, 6.45) is 6.06. The molecule has 5 nitrogen and oxygen atoms in total. The molecule has 1 aromatic heterocycles. The van der Waals surface area contributed by atoms with Gasteiger partial charge in [0.2, 0.25) is 0 Å². The van der Waals surface area contributed by atoms with E-state index in [4.69, 9.17) is 27.9 Å². The van der Waals surface area contributed by atoms with E-state index in [0.29, 0.717) is 11.0 Å². The van der Waals surface area contributed by atoms with Crippen LogP contribution in [0.3, 0.4) is 0 Å². The van der Waals surface area contributed by atoms with Crippen molar-refractivity contribution in [3.8, 4) is 6.01 Å². The summed E-state index contributed by atoms with van der Waals surface area (Å²) in [6, 6.07) is 4.07. The van der Waals surface area contributed by atoms with Gasteiger partial charge in [-0.15, -0.1) is 0 Å². The van der Waals surface area contributed by atoms with Crippen LogP contribution in [0.25, 0.3) is 0 Å². The van der Waals surface area contributed by atoms with Gasteiger partial charge in [0.1, 0.15) is 11.9 Å². The lowest BCUT2D eigenvalue weighted by Crippen LogP contribution is -2.39. The fourth-order valence-corrected chi connectivity index (χ4v) is 3.12. The zero-order chi connectivity index (χ0) is 17.8. The van der Waals surface area contributed by atoms with Crippen LogP contribution in [0.4, 0.5) is 4.39 Å². The highest BCUT2D eigenvalue weighted by Gasteiger charge is 2.25.